The number of rotatable bonds is 4. The van der Waals surface area contributed by atoms with Crippen LogP contribution in [-0.4, -0.2) is 4.40 Å². The molecule has 0 saturated heterocycles. The molecule has 0 spiro atoms. The van der Waals surface area contributed by atoms with E-state index in [1.54, 1.807) is 0 Å². The summed E-state index contributed by atoms with van der Waals surface area (Å²) in [5.74, 6) is 0. The molecule has 7 rings (SSSR count). The Morgan fingerprint density at radius 3 is 1.80 bits per heavy atom. The fourth-order valence-electron chi connectivity index (χ4n) is 8.97. The third kappa shape index (κ3) is 5.88. The predicted octanol–water partition coefficient (Wildman–Crippen LogP) is 12.6. The van der Waals surface area contributed by atoms with Gasteiger partial charge in [0.15, 0.2) is 6.20 Å². The highest BCUT2D eigenvalue weighted by molar-refractivity contribution is 6.30. The Bertz CT molecular complexity index is 2420. The molecule has 0 radical (unpaired) electrons. The van der Waals surface area contributed by atoms with Gasteiger partial charge in [0.2, 0.25) is 5.52 Å². The summed E-state index contributed by atoms with van der Waals surface area (Å²) in [6.45, 7) is 31.0. The number of pyridine rings is 2. The molecule has 0 fully saturated rings. The minimum absolute atomic E-state index is 0.116. The summed E-state index contributed by atoms with van der Waals surface area (Å²) in [5.41, 5.74) is 13.4. The molecule has 0 bridgehead atoms. The highest BCUT2D eigenvalue weighted by Gasteiger charge is 2.32. The molecule has 3 heterocycles. The zero-order valence-corrected chi connectivity index (χ0v) is 32.9. The number of hydrogen-bond donors (Lipinski definition) is 0. The minimum atomic E-state index is 0.116. The summed E-state index contributed by atoms with van der Waals surface area (Å²) >= 11 is 0. The van der Waals surface area contributed by atoms with Crippen LogP contribution in [0, 0.1) is 28.6 Å². The second kappa shape index (κ2) is 10.9. The van der Waals surface area contributed by atoms with E-state index in [9.17, 15) is 0 Å². The maximum Gasteiger partial charge on any atom is 0.224 e. The number of para-hydroxylation sites is 1. The predicted molar refractivity (Wildman–Crippen MR) is 215 cm³/mol. The topological polar surface area (TPSA) is 8.29 Å². The van der Waals surface area contributed by atoms with E-state index in [4.69, 9.17) is 0 Å². The Balaban J connectivity index is 1.82. The lowest BCUT2D eigenvalue weighted by Crippen LogP contribution is -2.31. The number of aromatic nitrogens is 2. The molecular formula is C47H59N2+. The number of aryl methyl sites for hydroxylation is 2. The van der Waals surface area contributed by atoms with E-state index in [-0.39, 0.29) is 21.7 Å². The van der Waals surface area contributed by atoms with E-state index in [0.717, 1.165) is 25.7 Å². The van der Waals surface area contributed by atoms with E-state index in [2.05, 4.69) is 161 Å². The van der Waals surface area contributed by atoms with Crippen molar-refractivity contribution in [3.8, 4) is 0 Å². The molecule has 256 valence electrons. The normalized spacial score (nSPS) is 13.8. The Morgan fingerprint density at radius 2 is 1.16 bits per heavy atom. The van der Waals surface area contributed by atoms with Crippen LogP contribution in [0.25, 0.3) is 59.8 Å². The number of nitrogens with zero attached hydrogens (tertiary/aromatic N) is 2. The van der Waals surface area contributed by atoms with Gasteiger partial charge in [-0.1, -0.05) is 119 Å². The average Bonchev–Trinajstić information content (AvgIpc) is 3.29. The first-order valence-corrected chi connectivity index (χ1v) is 18.6. The van der Waals surface area contributed by atoms with Gasteiger partial charge in [-0.05, 0) is 105 Å². The summed E-state index contributed by atoms with van der Waals surface area (Å²) in [4.78, 5) is 0. The van der Waals surface area contributed by atoms with Gasteiger partial charge in [0, 0.05) is 16.3 Å². The van der Waals surface area contributed by atoms with Crippen LogP contribution in [0.1, 0.15) is 111 Å². The molecule has 2 heteroatoms. The Kier molecular flexibility index (Phi) is 7.54. The van der Waals surface area contributed by atoms with Crippen LogP contribution >= 0.6 is 0 Å². The molecule has 0 amide bonds. The first-order valence-electron chi connectivity index (χ1n) is 18.6. The number of benzene rings is 4. The zero-order valence-electron chi connectivity index (χ0n) is 32.9. The first-order chi connectivity index (χ1) is 22.6. The third-order valence-corrected chi connectivity index (χ3v) is 10.4. The van der Waals surface area contributed by atoms with Crippen molar-refractivity contribution in [2.24, 2.45) is 28.7 Å². The summed E-state index contributed by atoms with van der Waals surface area (Å²) in [6.07, 6.45) is 6.61. The average molecular weight is 652 g/mol. The van der Waals surface area contributed by atoms with Crippen molar-refractivity contribution >= 4 is 59.8 Å². The van der Waals surface area contributed by atoms with E-state index in [0.29, 0.717) is 0 Å². The van der Waals surface area contributed by atoms with Crippen LogP contribution in [0.2, 0.25) is 0 Å². The molecule has 0 aliphatic rings. The van der Waals surface area contributed by atoms with Crippen molar-refractivity contribution in [1.82, 2.24) is 4.40 Å². The first kappa shape index (κ1) is 33.8. The zero-order chi connectivity index (χ0) is 35.6. The lowest BCUT2D eigenvalue weighted by atomic mass is 9.80. The number of fused-ring (bicyclic) bond motifs is 7. The highest BCUT2D eigenvalue weighted by Crippen LogP contribution is 2.48. The van der Waals surface area contributed by atoms with E-state index < -0.39 is 0 Å². The van der Waals surface area contributed by atoms with Crippen molar-refractivity contribution in [1.29, 1.82) is 0 Å². The van der Waals surface area contributed by atoms with Crippen LogP contribution in [-0.2, 0) is 32.7 Å². The fraction of sp³-hybridized carbons (Fsp3) is 0.468. The molecule has 0 aliphatic heterocycles. The maximum absolute atomic E-state index is 2.72. The summed E-state index contributed by atoms with van der Waals surface area (Å²) in [5, 5.41) is 9.91. The van der Waals surface area contributed by atoms with Gasteiger partial charge in [-0.2, -0.15) is 0 Å². The summed E-state index contributed by atoms with van der Waals surface area (Å²) in [7, 11) is 2.31. The monoisotopic (exact) mass is 651 g/mol. The van der Waals surface area contributed by atoms with Crippen molar-refractivity contribution in [2.75, 3.05) is 0 Å². The van der Waals surface area contributed by atoms with Crippen molar-refractivity contribution in [3.63, 3.8) is 0 Å². The molecule has 49 heavy (non-hydrogen) atoms. The van der Waals surface area contributed by atoms with Crippen molar-refractivity contribution < 1.29 is 4.57 Å². The van der Waals surface area contributed by atoms with Gasteiger partial charge >= 0.3 is 0 Å². The molecule has 0 aliphatic carbocycles. The quantitative estimate of drug-likeness (QED) is 0.102. The molecule has 0 saturated carbocycles. The lowest BCUT2D eigenvalue weighted by Gasteiger charge is -2.26. The largest absolute Gasteiger partial charge is 0.307 e. The third-order valence-electron chi connectivity index (χ3n) is 10.4. The van der Waals surface area contributed by atoms with Crippen LogP contribution in [0.3, 0.4) is 0 Å². The Labute approximate surface area is 294 Å². The van der Waals surface area contributed by atoms with Crippen molar-refractivity contribution in [2.45, 2.75) is 116 Å². The Hall–Kier alpha value is -3.65. The molecule has 4 aromatic carbocycles. The van der Waals surface area contributed by atoms with Gasteiger partial charge < -0.3 is 4.40 Å². The van der Waals surface area contributed by atoms with Gasteiger partial charge in [0.05, 0.1) is 27.3 Å². The van der Waals surface area contributed by atoms with Gasteiger partial charge in [-0.25, -0.2) is 4.57 Å². The fourth-order valence-corrected chi connectivity index (χ4v) is 8.97. The highest BCUT2D eigenvalue weighted by atomic mass is 15.0. The van der Waals surface area contributed by atoms with Crippen molar-refractivity contribution in [3.05, 3.63) is 82.5 Å². The Morgan fingerprint density at radius 1 is 0.551 bits per heavy atom. The van der Waals surface area contributed by atoms with E-state index in [1.807, 2.05) is 0 Å². The maximum atomic E-state index is 2.72. The molecule has 3 aromatic heterocycles. The summed E-state index contributed by atoms with van der Waals surface area (Å²) < 4.78 is 5.21. The van der Waals surface area contributed by atoms with E-state index >= 15 is 0 Å². The molecule has 0 N–H and O–H groups in total. The molecular weight excluding hydrogens is 593 g/mol. The van der Waals surface area contributed by atoms with Gasteiger partial charge in [0.25, 0.3) is 0 Å². The minimum Gasteiger partial charge on any atom is -0.307 e. The molecule has 2 nitrogen and oxygen atoms in total. The smallest absolute Gasteiger partial charge is 0.224 e. The van der Waals surface area contributed by atoms with Crippen LogP contribution in [0.4, 0.5) is 0 Å². The second-order valence-corrected chi connectivity index (χ2v) is 20.3. The van der Waals surface area contributed by atoms with Gasteiger partial charge in [0.1, 0.15) is 7.05 Å². The second-order valence-electron chi connectivity index (χ2n) is 20.3. The summed E-state index contributed by atoms with van der Waals surface area (Å²) in [6, 6.07) is 19.2. The molecule has 7 aromatic rings. The van der Waals surface area contributed by atoms with E-state index in [1.165, 1.54) is 87.6 Å². The SMILES string of the molecule is Cc1c2cc(CC(C)(C)C)ccc2c(CC(C)(C)C)c2c1c1c3c(cc(CC(C)(C)C)c4c5ccccc5n2c43)c(CC(C)(C)C)c[n+]1C. The van der Waals surface area contributed by atoms with Crippen LogP contribution in [0.15, 0.2) is 54.7 Å². The van der Waals surface area contributed by atoms with Crippen LogP contribution < -0.4 is 4.57 Å². The van der Waals surface area contributed by atoms with Gasteiger partial charge in [-0.3, -0.25) is 0 Å². The molecule has 0 atom stereocenters. The number of hydrogen-bond acceptors (Lipinski definition) is 0. The van der Waals surface area contributed by atoms with Gasteiger partial charge in [-0.15, -0.1) is 0 Å². The molecule has 0 unspecified atom stereocenters. The van der Waals surface area contributed by atoms with Crippen LogP contribution in [0.5, 0.6) is 0 Å². The standard InChI is InChI=1S/C47H59N2/c1-28-34-21-29(23-44(2,3)4)19-20-32(34)36(26-47(11,12)13)41-38(28)42-40-35(31(27-48(42)14)25-46(8,9)10)22-30(24-45(5,6)7)39-33-17-15-16-18-37(33)49(41)43(39)40/h15-22,27H,23-26H2,1-14H3/q+1. The lowest BCUT2D eigenvalue weighted by molar-refractivity contribution is -0.644.